The van der Waals surface area contributed by atoms with Crippen molar-refractivity contribution in [3.05, 3.63) is 69.3 Å². The molecule has 0 saturated carbocycles. The zero-order valence-electron chi connectivity index (χ0n) is 20.7. The number of anilines is 1. The number of hydrogen-bond acceptors (Lipinski definition) is 6. The van der Waals surface area contributed by atoms with Gasteiger partial charge in [0.15, 0.2) is 0 Å². The Morgan fingerprint density at radius 1 is 1.21 bits per heavy atom. The molecule has 12 heteroatoms. The van der Waals surface area contributed by atoms with Gasteiger partial charge in [-0.25, -0.2) is 4.79 Å². The summed E-state index contributed by atoms with van der Waals surface area (Å²) in [5.74, 6) is 0.226. The van der Waals surface area contributed by atoms with Crippen molar-refractivity contribution >= 4 is 50.3 Å². The molecule has 3 atom stereocenters. The molecule has 5 rings (SSSR count). The van der Waals surface area contributed by atoms with Crippen molar-refractivity contribution in [1.82, 2.24) is 19.4 Å². The first kappa shape index (κ1) is 26.7. The molecule has 0 N–H and O–H groups in total. The number of halogens is 4. The molecule has 7 nitrogen and oxygen atoms in total. The smallest absolute Gasteiger partial charge is 0.352 e. The molecule has 3 aromatic rings. The van der Waals surface area contributed by atoms with Gasteiger partial charge in [-0.2, -0.15) is 18.2 Å². The van der Waals surface area contributed by atoms with E-state index in [2.05, 4.69) is 32.5 Å². The van der Waals surface area contributed by atoms with E-state index in [-0.39, 0.29) is 46.1 Å². The minimum Gasteiger partial charge on any atom is -0.352 e. The number of amides is 1. The summed E-state index contributed by atoms with van der Waals surface area (Å²) in [4.78, 5) is 38.5. The molecule has 2 aliphatic rings. The van der Waals surface area contributed by atoms with Crippen molar-refractivity contribution in [2.45, 2.75) is 49.5 Å². The Kier molecular flexibility index (Phi) is 7.06. The van der Waals surface area contributed by atoms with E-state index in [9.17, 15) is 22.8 Å². The number of nitrogens with zero attached hydrogens (tertiary/aromatic N) is 5. The fourth-order valence-corrected chi connectivity index (χ4v) is 7.52. The van der Waals surface area contributed by atoms with E-state index in [0.717, 1.165) is 11.8 Å². The van der Waals surface area contributed by atoms with E-state index >= 15 is 0 Å². The number of thioether (sulfide) groups is 1. The Balaban J connectivity index is 1.70. The van der Waals surface area contributed by atoms with Crippen LogP contribution in [0.25, 0.3) is 10.9 Å². The number of carbonyl (C=O) groups excluding carboxylic acids is 1. The van der Waals surface area contributed by atoms with Gasteiger partial charge in [-0.3, -0.25) is 14.3 Å². The largest absolute Gasteiger partial charge is 0.417 e. The number of rotatable bonds is 3. The van der Waals surface area contributed by atoms with Crippen molar-refractivity contribution in [2.75, 3.05) is 23.7 Å². The van der Waals surface area contributed by atoms with Crippen LogP contribution in [0.4, 0.5) is 19.0 Å². The van der Waals surface area contributed by atoms with Gasteiger partial charge in [-0.05, 0) is 54.1 Å². The summed E-state index contributed by atoms with van der Waals surface area (Å²) in [7, 11) is 0. The van der Waals surface area contributed by atoms with Gasteiger partial charge in [-0.1, -0.05) is 12.6 Å². The van der Waals surface area contributed by atoms with Gasteiger partial charge < -0.3 is 9.80 Å². The maximum absolute atomic E-state index is 14.2. The summed E-state index contributed by atoms with van der Waals surface area (Å²) in [6.07, 6.45) is -1.71. The highest BCUT2D eigenvalue weighted by Crippen LogP contribution is 2.47. The quantitative estimate of drug-likeness (QED) is 0.387. The van der Waals surface area contributed by atoms with Crippen LogP contribution < -0.4 is 10.6 Å². The van der Waals surface area contributed by atoms with Gasteiger partial charge in [0.1, 0.15) is 5.82 Å². The van der Waals surface area contributed by atoms with E-state index in [4.69, 9.17) is 0 Å². The summed E-state index contributed by atoms with van der Waals surface area (Å²) in [5.41, 5.74) is -0.171. The summed E-state index contributed by atoms with van der Waals surface area (Å²) < 4.78 is 44.0. The Hall–Kier alpha value is -2.86. The summed E-state index contributed by atoms with van der Waals surface area (Å²) >= 11 is 4.49. The molecule has 0 radical (unpaired) electrons. The zero-order valence-corrected chi connectivity index (χ0v) is 23.1. The lowest BCUT2D eigenvalue weighted by Gasteiger charge is -2.44. The first-order valence-electron chi connectivity index (χ1n) is 12.1. The first-order chi connectivity index (χ1) is 18.0. The highest BCUT2D eigenvalue weighted by atomic mass is 79.9. The predicted octanol–water partition coefficient (Wildman–Crippen LogP) is 5.07. The molecule has 1 amide bonds. The van der Waals surface area contributed by atoms with E-state index in [1.54, 1.807) is 17.2 Å². The normalized spacial score (nSPS) is 21.9. The molecule has 0 spiro atoms. The van der Waals surface area contributed by atoms with Crippen LogP contribution in [0, 0.1) is 0 Å². The molecule has 2 aromatic heterocycles. The number of hydrogen-bond donors (Lipinski definition) is 0. The van der Waals surface area contributed by atoms with Crippen LogP contribution in [0.1, 0.15) is 31.0 Å². The van der Waals surface area contributed by atoms with E-state index in [1.807, 2.05) is 30.9 Å². The zero-order chi connectivity index (χ0) is 27.4. The molecule has 200 valence electrons. The van der Waals surface area contributed by atoms with Crippen LogP contribution in [0.15, 0.2) is 57.3 Å². The third kappa shape index (κ3) is 4.61. The molecule has 4 heterocycles. The van der Waals surface area contributed by atoms with Gasteiger partial charge in [0, 0.05) is 70.0 Å². The maximum Gasteiger partial charge on any atom is 0.417 e. The fraction of sp³-hybridized carbons (Fsp3) is 0.385. The minimum absolute atomic E-state index is 0.0856. The number of alkyl halides is 3. The van der Waals surface area contributed by atoms with Gasteiger partial charge >= 0.3 is 11.9 Å². The second-order valence-electron chi connectivity index (χ2n) is 9.60. The second-order valence-corrected chi connectivity index (χ2v) is 11.4. The van der Waals surface area contributed by atoms with Gasteiger partial charge in [0.05, 0.1) is 11.1 Å². The minimum atomic E-state index is -4.62. The summed E-state index contributed by atoms with van der Waals surface area (Å²) in [5, 5.41) is 0.257. The van der Waals surface area contributed by atoms with Crippen LogP contribution in [-0.2, 0) is 17.5 Å². The molecule has 1 saturated heterocycles. The molecular weight excluding hydrogens is 583 g/mol. The molecule has 38 heavy (non-hydrogen) atoms. The lowest BCUT2D eigenvalue weighted by molar-refractivity contribution is -0.138. The van der Waals surface area contributed by atoms with Gasteiger partial charge in [0.2, 0.25) is 5.91 Å². The maximum atomic E-state index is 14.2. The fourth-order valence-electron chi connectivity index (χ4n) is 5.41. The number of carbonyl (C=O) groups is 1. The average molecular weight is 608 g/mol. The Labute approximate surface area is 229 Å². The van der Waals surface area contributed by atoms with Crippen LogP contribution in [0.5, 0.6) is 0 Å². The molecule has 0 bridgehead atoms. The van der Waals surface area contributed by atoms with Gasteiger partial charge in [-0.15, -0.1) is 11.8 Å². The van der Waals surface area contributed by atoms with Crippen molar-refractivity contribution in [3.8, 4) is 0 Å². The molecule has 0 unspecified atom stereocenters. The van der Waals surface area contributed by atoms with Crippen LogP contribution in [-0.4, -0.2) is 56.3 Å². The standard InChI is InChI=1S/C26H25BrF3N5O2S/c1-4-20(36)35-14(2)10-33(11-15(35)3)24-17-9-18(26(28,29)30)21(27)23-22(17)34(25(37)32-24)12-16(13-38-23)19-7-5-6-8-31-19/h4-9,14-16H,1,10-13H2,2-3H3/t14-,15+,16-/m1/s1. The predicted molar refractivity (Wildman–Crippen MR) is 145 cm³/mol. The van der Waals surface area contributed by atoms with Crippen LogP contribution in [0.2, 0.25) is 0 Å². The molecule has 1 aromatic carbocycles. The van der Waals surface area contributed by atoms with Crippen molar-refractivity contribution in [1.29, 1.82) is 0 Å². The highest BCUT2D eigenvalue weighted by molar-refractivity contribution is 9.10. The number of piperazine rings is 1. The van der Waals surface area contributed by atoms with Crippen LogP contribution >= 0.6 is 27.7 Å². The molecule has 2 aliphatic heterocycles. The number of benzene rings is 1. The lowest BCUT2D eigenvalue weighted by Crippen LogP contribution is -2.58. The molecule has 1 fully saturated rings. The summed E-state index contributed by atoms with van der Waals surface area (Å²) in [6.45, 7) is 8.15. The molecule has 0 aliphatic carbocycles. The number of aromatic nitrogens is 3. The second kappa shape index (κ2) is 10.0. The molecular formula is C26H25BrF3N5O2S. The van der Waals surface area contributed by atoms with Crippen LogP contribution in [0.3, 0.4) is 0 Å². The topological polar surface area (TPSA) is 71.3 Å². The Bertz CT molecular complexity index is 1470. The third-order valence-electron chi connectivity index (χ3n) is 7.03. The first-order valence-corrected chi connectivity index (χ1v) is 13.9. The monoisotopic (exact) mass is 607 g/mol. The SMILES string of the molecule is C=CC(=O)N1[C@H](C)CN(c2nc(=O)n3c4c(c(Br)c(C(F)(F)F)cc24)SC[C@H](c2ccccn2)C3)C[C@@H]1C. The highest BCUT2D eigenvalue weighted by Gasteiger charge is 2.39. The average Bonchev–Trinajstić information content (AvgIpc) is 3.08. The third-order valence-corrected chi connectivity index (χ3v) is 9.37. The van der Waals surface area contributed by atoms with Crippen molar-refractivity contribution < 1.29 is 18.0 Å². The Morgan fingerprint density at radius 3 is 2.53 bits per heavy atom. The Morgan fingerprint density at radius 2 is 1.92 bits per heavy atom. The number of pyridine rings is 1. The van der Waals surface area contributed by atoms with Gasteiger partial charge in [0.25, 0.3) is 0 Å². The van der Waals surface area contributed by atoms with Crippen molar-refractivity contribution in [2.24, 2.45) is 0 Å². The van der Waals surface area contributed by atoms with E-state index in [1.165, 1.54) is 22.4 Å². The summed E-state index contributed by atoms with van der Waals surface area (Å²) in [6, 6.07) is 6.05. The lowest BCUT2D eigenvalue weighted by atomic mass is 10.0. The van der Waals surface area contributed by atoms with Crippen molar-refractivity contribution in [3.63, 3.8) is 0 Å². The van der Waals surface area contributed by atoms with E-state index in [0.29, 0.717) is 29.3 Å². The van der Waals surface area contributed by atoms with E-state index < -0.39 is 17.4 Å².